The highest BCUT2D eigenvalue weighted by molar-refractivity contribution is 7.99. The maximum Gasteiger partial charge on any atom is 0.0386 e. The smallest absolute Gasteiger partial charge is 0.0386 e. The van der Waals surface area contributed by atoms with Gasteiger partial charge in [0.1, 0.15) is 0 Å². The molecule has 1 aliphatic heterocycles. The summed E-state index contributed by atoms with van der Waals surface area (Å²) in [5.41, 5.74) is 4.14. The van der Waals surface area contributed by atoms with E-state index in [1.165, 1.54) is 29.0 Å². The van der Waals surface area contributed by atoms with E-state index in [4.69, 9.17) is 0 Å². The molecule has 1 heterocycles. The van der Waals surface area contributed by atoms with Crippen molar-refractivity contribution in [2.45, 2.75) is 25.5 Å². The normalized spacial score (nSPS) is 21.7. The first-order valence-corrected chi connectivity index (χ1v) is 6.28. The van der Waals surface area contributed by atoms with Crippen molar-refractivity contribution in [1.29, 1.82) is 0 Å². The van der Waals surface area contributed by atoms with Gasteiger partial charge in [0.15, 0.2) is 0 Å². The Hall–Kier alpha value is -0.630. The van der Waals surface area contributed by atoms with Gasteiger partial charge in [0.05, 0.1) is 0 Å². The number of nitrogens with one attached hydrogen (secondary N) is 1. The van der Waals surface area contributed by atoms with Gasteiger partial charge in [-0.2, -0.15) is 11.8 Å². The van der Waals surface area contributed by atoms with Crippen LogP contribution in [0.4, 0.5) is 5.69 Å². The second-order valence-corrected chi connectivity index (χ2v) is 5.33. The summed E-state index contributed by atoms with van der Waals surface area (Å²) in [5, 5.41) is 4.15. The maximum absolute atomic E-state index is 3.52. The minimum absolute atomic E-state index is 0.624. The molecule has 0 radical (unpaired) electrons. The summed E-state index contributed by atoms with van der Waals surface area (Å²) in [6, 6.07) is 6.73. The lowest BCUT2D eigenvalue weighted by Gasteiger charge is -2.21. The third-order valence-electron chi connectivity index (χ3n) is 2.65. The second-order valence-electron chi connectivity index (χ2n) is 3.88. The Kier molecular flexibility index (Phi) is 3.02. The van der Waals surface area contributed by atoms with E-state index in [0.29, 0.717) is 5.25 Å². The quantitative estimate of drug-likeness (QED) is 0.697. The zero-order valence-corrected chi connectivity index (χ0v) is 9.66. The number of fused-ring (bicyclic) bond motifs is 1. The van der Waals surface area contributed by atoms with Gasteiger partial charge in [-0.15, -0.1) is 0 Å². The Morgan fingerprint density at radius 3 is 3.14 bits per heavy atom. The Morgan fingerprint density at radius 2 is 2.29 bits per heavy atom. The molecule has 2 heteroatoms. The molecule has 14 heavy (non-hydrogen) atoms. The molecule has 0 amide bonds. The predicted molar refractivity (Wildman–Crippen MR) is 65.2 cm³/mol. The molecule has 1 aliphatic rings. The molecule has 0 saturated heterocycles. The van der Waals surface area contributed by atoms with Crippen LogP contribution in [0.15, 0.2) is 18.2 Å². The fraction of sp³-hybridized carbons (Fsp3) is 0.500. The van der Waals surface area contributed by atoms with Crippen molar-refractivity contribution in [3.63, 3.8) is 0 Å². The van der Waals surface area contributed by atoms with Crippen molar-refractivity contribution in [2.75, 3.05) is 17.6 Å². The standard InChI is InChI=1S/C12H17NS/c1-9-4-5-11-10(2)14-7-3-6-13-12(11)8-9/h4-5,8,10,13H,3,6-7H2,1-2H3. The fourth-order valence-corrected chi connectivity index (χ4v) is 2.87. The zero-order valence-electron chi connectivity index (χ0n) is 8.84. The van der Waals surface area contributed by atoms with Crippen LogP contribution in [0.5, 0.6) is 0 Å². The molecule has 1 N–H and O–H groups in total. The minimum atomic E-state index is 0.624. The molecule has 1 nitrogen and oxygen atoms in total. The fourth-order valence-electron chi connectivity index (χ4n) is 1.82. The average molecular weight is 207 g/mol. The molecular formula is C12H17NS. The summed E-state index contributed by atoms with van der Waals surface area (Å²) >= 11 is 2.06. The van der Waals surface area contributed by atoms with Crippen molar-refractivity contribution in [2.24, 2.45) is 0 Å². The largest absolute Gasteiger partial charge is 0.385 e. The van der Waals surface area contributed by atoms with E-state index in [1.54, 1.807) is 0 Å². The molecule has 0 spiro atoms. The summed E-state index contributed by atoms with van der Waals surface area (Å²) in [5.74, 6) is 1.27. The van der Waals surface area contributed by atoms with Crippen LogP contribution in [-0.2, 0) is 0 Å². The van der Waals surface area contributed by atoms with Crippen LogP contribution in [0.2, 0.25) is 0 Å². The van der Waals surface area contributed by atoms with Crippen molar-refractivity contribution in [1.82, 2.24) is 0 Å². The minimum Gasteiger partial charge on any atom is -0.385 e. The van der Waals surface area contributed by atoms with E-state index in [9.17, 15) is 0 Å². The highest BCUT2D eigenvalue weighted by Crippen LogP contribution is 2.35. The van der Waals surface area contributed by atoms with Crippen LogP contribution in [0, 0.1) is 6.92 Å². The number of hydrogen-bond donors (Lipinski definition) is 1. The SMILES string of the molecule is Cc1ccc2c(c1)NCCCSC2C. The molecule has 2 rings (SSSR count). The van der Waals surface area contributed by atoms with Crippen LogP contribution in [0.1, 0.15) is 29.7 Å². The molecular weight excluding hydrogens is 190 g/mol. The molecule has 0 aromatic heterocycles. The number of aryl methyl sites for hydroxylation is 1. The second kappa shape index (κ2) is 4.26. The number of thioether (sulfide) groups is 1. The van der Waals surface area contributed by atoms with Gasteiger partial charge in [0.25, 0.3) is 0 Å². The summed E-state index contributed by atoms with van der Waals surface area (Å²) < 4.78 is 0. The van der Waals surface area contributed by atoms with Gasteiger partial charge in [-0.25, -0.2) is 0 Å². The van der Waals surface area contributed by atoms with Crippen molar-refractivity contribution in [3.8, 4) is 0 Å². The number of benzene rings is 1. The summed E-state index contributed by atoms with van der Waals surface area (Å²) in [6.45, 7) is 5.56. The van der Waals surface area contributed by atoms with E-state index in [0.717, 1.165) is 6.54 Å². The summed E-state index contributed by atoms with van der Waals surface area (Å²) in [6.07, 6.45) is 1.27. The molecule has 76 valence electrons. The van der Waals surface area contributed by atoms with E-state index in [1.807, 2.05) is 0 Å². The average Bonchev–Trinajstić information content (AvgIpc) is 2.14. The first kappa shape index (κ1) is 9.91. The molecule has 1 aromatic carbocycles. The first-order chi connectivity index (χ1) is 6.77. The van der Waals surface area contributed by atoms with Gasteiger partial charge in [0.2, 0.25) is 0 Å². The van der Waals surface area contributed by atoms with Crippen molar-refractivity contribution in [3.05, 3.63) is 29.3 Å². The lowest BCUT2D eigenvalue weighted by atomic mass is 10.1. The van der Waals surface area contributed by atoms with E-state index in [2.05, 4.69) is 49.1 Å². The number of rotatable bonds is 0. The molecule has 1 aromatic rings. The van der Waals surface area contributed by atoms with E-state index in [-0.39, 0.29) is 0 Å². The predicted octanol–water partition coefficient (Wildman–Crippen LogP) is 3.60. The van der Waals surface area contributed by atoms with Crippen LogP contribution in [-0.4, -0.2) is 12.3 Å². The molecule has 0 aliphatic carbocycles. The third-order valence-corrected chi connectivity index (χ3v) is 3.93. The molecule has 1 unspecified atom stereocenters. The first-order valence-electron chi connectivity index (χ1n) is 5.23. The lowest BCUT2D eigenvalue weighted by molar-refractivity contribution is 0.955. The zero-order chi connectivity index (χ0) is 9.97. The van der Waals surface area contributed by atoms with Gasteiger partial charge < -0.3 is 5.32 Å². The molecule has 0 fully saturated rings. The van der Waals surface area contributed by atoms with Gasteiger partial charge in [-0.1, -0.05) is 12.1 Å². The monoisotopic (exact) mass is 207 g/mol. The van der Waals surface area contributed by atoms with Crippen LogP contribution < -0.4 is 5.32 Å². The number of hydrogen-bond acceptors (Lipinski definition) is 2. The Bertz CT molecular complexity index is 322. The Morgan fingerprint density at radius 1 is 1.43 bits per heavy atom. The highest BCUT2D eigenvalue weighted by Gasteiger charge is 2.13. The van der Waals surface area contributed by atoms with Gasteiger partial charge >= 0.3 is 0 Å². The molecule has 0 saturated carbocycles. The van der Waals surface area contributed by atoms with Crippen LogP contribution in [0.3, 0.4) is 0 Å². The van der Waals surface area contributed by atoms with Gasteiger partial charge in [-0.05, 0) is 43.2 Å². The summed E-state index contributed by atoms with van der Waals surface area (Å²) in [7, 11) is 0. The highest BCUT2D eigenvalue weighted by atomic mass is 32.2. The molecule has 0 bridgehead atoms. The number of anilines is 1. The maximum atomic E-state index is 3.52. The van der Waals surface area contributed by atoms with Crippen LogP contribution in [0.25, 0.3) is 0 Å². The Balaban J connectivity index is 2.36. The lowest BCUT2D eigenvalue weighted by Crippen LogP contribution is -2.09. The van der Waals surface area contributed by atoms with Crippen molar-refractivity contribution >= 4 is 17.4 Å². The van der Waals surface area contributed by atoms with Gasteiger partial charge in [-0.3, -0.25) is 0 Å². The molecule has 1 atom stereocenters. The topological polar surface area (TPSA) is 12.0 Å². The van der Waals surface area contributed by atoms with Gasteiger partial charge in [0, 0.05) is 17.5 Å². The van der Waals surface area contributed by atoms with E-state index < -0.39 is 0 Å². The van der Waals surface area contributed by atoms with Crippen LogP contribution >= 0.6 is 11.8 Å². The third kappa shape index (κ3) is 2.06. The Labute approximate surface area is 90.3 Å². The van der Waals surface area contributed by atoms with E-state index >= 15 is 0 Å². The van der Waals surface area contributed by atoms with Crippen molar-refractivity contribution < 1.29 is 0 Å². The summed E-state index contributed by atoms with van der Waals surface area (Å²) in [4.78, 5) is 0.